The van der Waals surface area contributed by atoms with Gasteiger partial charge in [0.05, 0.1) is 13.5 Å². The zero-order valence-corrected chi connectivity index (χ0v) is 11.7. The lowest BCUT2D eigenvalue weighted by Crippen LogP contribution is -2.41. The van der Waals surface area contributed by atoms with Crippen LogP contribution in [0.4, 0.5) is 10.5 Å². The highest BCUT2D eigenvalue weighted by molar-refractivity contribution is 5.85. The van der Waals surface area contributed by atoms with Gasteiger partial charge in [-0.2, -0.15) is 0 Å². The van der Waals surface area contributed by atoms with Gasteiger partial charge in [0, 0.05) is 11.2 Å². The second-order valence-corrected chi connectivity index (χ2v) is 5.29. The number of rotatable bonds is 3. The van der Waals surface area contributed by atoms with E-state index in [0.29, 0.717) is 5.69 Å². The van der Waals surface area contributed by atoms with E-state index in [9.17, 15) is 9.59 Å². The molecule has 0 heterocycles. The van der Waals surface area contributed by atoms with Crippen molar-refractivity contribution >= 4 is 17.7 Å². The van der Waals surface area contributed by atoms with Crippen molar-refractivity contribution in [3.05, 3.63) is 29.8 Å². The maximum Gasteiger partial charge on any atom is 0.411 e. The molecule has 2 N–H and O–H groups in total. The number of carbonyl (C=O) groups excluding carboxylic acids is 2. The van der Waals surface area contributed by atoms with Crippen molar-refractivity contribution in [2.45, 2.75) is 32.7 Å². The molecule has 104 valence electrons. The molecule has 19 heavy (non-hydrogen) atoms. The van der Waals surface area contributed by atoms with E-state index < -0.39 is 6.09 Å². The van der Waals surface area contributed by atoms with Crippen molar-refractivity contribution < 1.29 is 14.3 Å². The Morgan fingerprint density at radius 2 is 1.95 bits per heavy atom. The molecule has 1 rings (SSSR count). The fourth-order valence-corrected chi connectivity index (χ4v) is 1.58. The third kappa shape index (κ3) is 5.90. The van der Waals surface area contributed by atoms with E-state index in [0.717, 1.165) is 5.56 Å². The van der Waals surface area contributed by atoms with Crippen LogP contribution in [0, 0.1) is 0 Å². The van der Waals surface area contributed by atoms with Crippen molar-refractivity contribution in [1.82, 2.24) is 5.32 Å². The number of hydrogen-bond donors (Lipinski definition) is 2. The molecule has 1 aromatic carbocycles. The zero-order valence-electron chi connectivity index (χ0n) is 11.7. The lowest BCUT2D eigenvalue weighted by Gasteiger charge is -2.20. The number of nitrogens with one attached hydrogen (secondary N) is 2. The van der Waals surface area contributed by atoms with Crippen LogP contribution in [0.3, 0.4) is 0 Å². The summed E-state index contributed by atoms with van der Waals surface area (Å²) in [7, 11) is 1.30. The van der Waals surface area contributed by atoms with Crippen molar-refractivity contribution in [1.29, 1.82) is 0 Å². The molecule has 0 spiro atoms. The summed E-state index contributed by atoms with van der Waals surface area (Å²) in [5.41, 5.74) is 1.18. The van der Waals surface area contributed by atoms with Crippen LogP contribution in [0.2, 0.25) is 0 Å². The lowest BCUT2D eigenvalue weighted by molar-refractivity contribution is -0.121. The molecule has 0 atom stereocenters. The van der Waals surface area contributed by atoms with Gasteiger partial charge in [0.2, 0.25) is 5.91 Å². The summed E-state index contributed by atoms with van der Waals surface area (Å²) >= 11 is 0. The van der Waals surface area contributed by atoms with Gasteiger partial charge in [0.15, 0.2) is 0 Å². The fraction of sp³-hybridized carbons (Fsp3) is 0.429. The molecule has 0 bridgehead atoms. The van der Waals surface area contributed by atoms with Crippen LogP contribution in [-0.2, 0) is 16.0 Å². The Hall–Kier alpha value is -2.04. The van der Waals surface area contributed by atoms with E-state index in [4.69, 9.17) is 0 Å². The monoisotopic (exact) mass is 264 g/mol. The molecule has 1 aromatic rings. The largest absolute Gasteiger partial charge is 0.453 e. The smallest absolute Gasteiger partial charge is 0.411 e. The molecular formula is C14H20N2O3. The highest BCUT2D eigenvalue weighted by atomic mass is 16.5. The summed E-state index contributed by atoms with van der Waals surface area (Å²) in [6.07, 6.45) is -0.259. The second kappa shape index (κ2) is 6.22. The van der Waals surface area contributed by atoms with Crippen LogP contribution in [0.5, 0.6) is 0 Å². The summed E-state index contributed by atoms with van der Waals surface area (Å²) in [4.78, 5) is 22.9. The molecule has 5 heteroatoms. The predicted molar refractivity (Wildman–Crippen MR) is 74.1 cm³/mol. The van der Waals surface area contributed by atoms with Gasteiger partial charge >= 0.3 is 6.09 Å². The molecule has 0 fully saturated rings. The van der Waals surface area contributed by atoms with Gasteiger partial charge < -0.3 is 10.1 Å². The SMILES string of the molecule is COC(=O)Nc1cccc(CC(=O)NC(C)(C)C)c1. The molecule has 5 nitrogen and oxygen atoms in total. The minimum atomic E-state index is -0.531. The first kappa shape index (κ1) is 15.0. The number of ether oxygens (including phenoxy) is 1. The number of amides is 2. The van der Waals surface area contributed by atoms with E-state index in [-0.39, 0.29) is 17.9 Å². The van der Waals surface area contributed by atoms with Gasteiger partial charge in [-0.1, -0.05) is 12.1 Å². The Bertz CT molecular complexity index is 464. The van der Waals surface area contributed by atoms with Crippen LogP contribution >= 0.6 is 0 Å². The normalized spacial score (nSPS) is 10.7. The van der Waals surface area contributed by atoms with E-state index in [2.05, 4.69) is 15.4 Å². The minimum Gasteiger partial charge on any atom is -0.453 e. The Morgan fingerprint density at radius 3 is 2.53 bits per heavy atom. The molecule has 0 saturated carbocycles. The molecular weight excluding hydrogens is 244 g/mol. The summed E-state index contributed by atoms with van der Waals surface area (Å²) < 4.78 is 4.51. The van der Waals surface area contributed by atoms with Gasteiger partial charge in [0.25, 0.3) is 0 Å². The van der Waals surface area contributed by atoms with Gasteiger partial charge in [-0.15, -0.1) is 0 Å². The number of anilines is 1. The number of hydrogen-bond acceptors (Lipinski definition) is 3. The molecule has 0 unspecified atom stereocenters. The van der Waals surface area contributed by atoms with E-state index >= 15 is 0 Å². The average molecular weight is 264 g/mol. The first-order valence-corrected chi connectivity index (χ1v) is 6.05. The number of benzene rings is 1. The number of carbonyl (C=O) groups is 2. The van der Waals surface area contributed by atoms with E-state index in [1.54, 1.807) is 18.2 Å². The Labute approximate surface area is 113 Å². The zero-order chi connectivity index (χ0) is 14.5. The highest BCUT2D eigenvalue weighted by Crippen LogP contribution is 2.12. The molecule has 2 amide bonds. The lowest BCUT2D eigenvalue weighted by atomic mass is 10.1. The summed E-state index contributed by atoms with van der Waals surface area (Å²) in [6, 6.07) is 7.11. The van der Waals surface area contributed by atoms with Crippen LogP contribution in [0.15, 0.2) is 24.3 Å². The maximum atomic E-state index is 11.8. The Kier molecular flexibility index (Phi) is 4.92. The van der Waals surface area contributed by atoms with Crippen LogP contribution in [0.1, 0.15) is 26.3 Å². The second-order valence-electron chi connectivity index (χ2n) is 5.29. The molecule has 0 saturated heterocycles. The summed E-state index contributed by atoms with van der Waals surface area (Å²) in [6.45, 7) is 5.79. The number of methoxy groups -OCH3 is 1. The Balaban J connectivity index is 2.67. The highest BCUT2D eigenvalue weighted by Gasteiger charge is 2.14. The van der Waals surface area contributed by atoms with Crippen LogP contribution < -0.4 is 10.6 Å². The van der Waals surface area contributed by atoms with Gasteiger partial charge in [-0.05, 0) is 38.5 Å². The summed E-state index contributed by atoms with van der Waals surface area (Å²) in [5, 5.41) is 5.45. The maximum absolute atomic E-state index is 11.8. The molecule has 0 aliphatic heterocycles. The van der Waals surface area contributed by atoms with Crippen molar-refractivity contribution in [2.75, 3.05) is 12.4 Å². The fourth-order valence-electron chi connectivity index (χ4n) is 1.58. The molecule has 0 aliphatic rings. The summed E-state index contributed by atoms with van der Waals surface area (Å²) in [5.74, 6) is -0.0530. The van der Waals surface area contributed by atoms with Crippen molar-refractivity contribution in [3.8, 4) is 0 Å². The van der Waals surface area contributed by atoms with Crippen LogP contribution in [0.25, 0.3) is 0 Å². The van der Waals surface area contributed by atoms with Gasteiger partial charge in [0.1, 0.15) is 0 Å². The average Bonchev–Trinajstić information content (AvgIpc) is 2.26. The first-order valence-electron chi connectivity index (χ1n) is 6.05. The van der Waals surface area contributed by atoms with E-state index in [1.165, 1.54) is 7.11 Å². The first-order chi connectivity index (χ1) is 8.80. The third-order valence-corrected chi connectivity index (χ3v) is 2.24. The Morgan fingerprint density at radius 1 is 1.26 bits per heavy atom. The molecule has 0 aliphatic carbocycles. The third-order valence-electron chi connectivity index (χ3n) is 2.24. The molecule has 0 aromatic heterocycles. The van der Waals surface area contributed by atoms with Crippen molar-refractivity contribution in [3.63, 3.8) is 0 Å². The topological polar surface area (TPSA) is 67.4 Å². The van der Waals surface area contributed by atoms with Crippen LogP contribution in [-0.4, -0.2) is 24.6 Å². The van der Waals surface area contributed by atoms with Crippen molar-refractivity contribution in [2.24, 2.45) is 0 Å². The molecule has 0 radical (unpaired) electrons. The van der Waals surface area contributed by atoms with Gasteiger partial charge in [-0.25, -0.2) is 4.79 Å². The minimum absolute atomic E-state index is 0.0530. The standard InChI is InChI=1S/C14H20N2O3/c1-14(2,3)16-12(17)9-10-6-5-7-11(8-10)15-13(18)19-4/h5-8H,9H2,1-4H3,(H,15,18)(H,16,17). The van der Waals surface area contributed by atoms with Gasteiger partial charge in [-0.3, -0.25) is 10.1 Å². The predicted octanol–water partition coefficient (Wildman–Crippen LogP) is 2.32. The quantitative estimate of drug-likeness (QED) is 0.880. The van der Waals surface area contributed by atoms with E-state index in [1.807, 2.05) is 26.8 Å².